The van der Waals surface area contributed by atoms with E-state index < -0.39 is 0 Å². The average molecular weight is 130 g/mol. The van der Waals surface area contributed by atoms with Crippen LogP contribution < -0.4 is 5.43 Å². The van der Waals surface area contributed by atoms with Crippen molar-refractivity contribution in [2.75, 3.05) is 6.54 Å². The predicted molar refractivity (Wildman–Crippen MR) is 36.7 cm³/mol. The number of nitrogens with zero attached hydrogens (tertiary/aromatic N) is 1. The van der Waals surface area contributed by atoms with Gasteiger partial charge in [-0.1, -0.05) is 5.57 Å². The van der Waals surface area contributed by atoms with E-state index in [1.54, 1.807) is 6.20 Å². The molecule has 3 heteroatoms. The lowest BCUT2D eigenvalue weighted by Crippen LogP contribution is -2.30. The molecule has 0 saturated heterocycles. The van der Waals surface area contributed by atoms with Gasteiger partial charge in [0.15, 0.2) is 0 Å². The summed E-state index contributed by atoms with van der Waals surface area (Å²) < 4.78 is 0. The SMILES string of the molecule is CCN(O)NC=C(C)C. The van der Waals surface area contributed by atoms with Crippen molar-refractivity contribution in [3.05, 3.63) is 11.8 Å². The third kappa shape index (κ3) is 5.33. The molecular formula is C6H14N2O. The zero-order valence-electron chi connectivity index (χ0n) is 6.18. The molecule has 54 valence electrons. The van der Waals surface area contributed by atoms with Crippen molar-refractivity contribution >= 4 is 0 Å². The maximum Gasteiger partial charge on any atom is 0.0421 e. The first-order chi connectivity index (χ1) is 4.16. The van der Waals surface area contributed by atoms with Crippen LogP contribution in [0.5, 0.6) is 0 Å². The second-order valence-corrected chi connectivity index (χ2v) is 2.07. The van der Waals surface area contributed by atoms with Crippen LogP contribution in [0.3, 0.4) is 0 Å². The van der Waals surface area contributed by atoms with Crippen LogP contribution in [-0.2, 0) is 0 Å². The number of hydrogen-bond acceptors (Lipinski definition) is 3. The molecule has 0 aliphatic rings. The number of hydrogen-bond donors (Lipinski definition) is 2. The molecule has 3 nitrogen and oxygen atoms in total. The summed E-state index contributed by atoms with van der Waals surface area (Å²) in [5.74, 6) is 0. The van der Waals surface area contributed by atoms with Gasteiger partial charge < -0.3 is 5.43 Å². The predicted octanol–water partition coefficient (Wildman–Crippen LogP) is 1.13. The highest BCUT2D eigenvalue weighted by Gasteiger charge is 1.86. The number of nitrogens with one attached hydrogen (secondary N) is 1. The van der Waals surface area contributed by atoms with E-state index in [1.165, 1.54) is 0 Å². The Morgan fingerprint density at radius 3 is 2.56 bits per heavy atom. The molecule has 2 N–H and O–H groups in total. The Kier molecular flexibility index (Phi) is 4.09. The van der Waals surface area contributed by atoms with E-state index in [0.29, 0.717) is 6.54 Å². The molecule has 0 rings (SSSR count). The van der Waals surface area contributed by atoms with E-state index in [0.717, 1.165) is 10.7 Å². The molecule has 0 fully saturated rings. The molecule has 0 spiro atoms. The summed E-state index contributed by atoms with van der Waals surface area (Å²) in [6.07, 6.45) is 1.74. The largest absolute Gasteiger partial charge is 0.304 e. The van der Waals surface area contributed by atoms with Crippen LogP contribution in [-0.4, -0.2) is 16.9 Å². The lowest BCUT2D eigenvalue weighted by Gasteiger charge is -2.10. The number of allylic oxidation sites excluding steroid dienone is 1. The van der Waals surface area contributed by atoms with Gasteiger partial charge in [-0.15, -0.1) is 5.17 Å². The molecule has 0 unspecified atom stereocenters. The van der Waals surface area contributed by atoms with Crippen LogP contribution in [0.15, 0.2) is 11.8 Å². The van der Waals surface area contributed by atoms with Gasteiger partial charge in [0.2, 0.25) is 0 Å². The van der Waals surface area contributed by atoms with Gasteiger partial charge in [0.1, 0.15) is 0 Å². The van der Waals surface area contributed by atoms with Gasteiger partial charge in [-0.2, -0.15) is 0 Å². The van der Waals surface area contributed by atoms with Crippen LogP contribution in [0.4, 0.5) is 0 Å². The Bertz CT molecular complexity index is 97.2. The maximum absolute atomic E-state index is 8.78. The molecule has 0 heterocycles. The molecule has 0 atom stereocenters. The zero-order valence-corrected chi connectivity index (χ0v) is 6.18. The van der Waals surface area contributed by atoms with Gasteiger partial charge in [-0.25, -0.2) is 0 Å². The van der Waals surface area contributed by atoms with E-state index in [-0.39, 0.29) is 0 Å². The number of hydrazine groups is 1. The molecular weight excluding hydrogens is 116 g/mol. The number of hydroxylamine groups is 1. The quantitative estimate of drug-likeness (QED) is 0.562. The normalized spacial score (nSPS) is 9.44. The van der Waals surface area contributed by atoms with Crippen molar-refractivity contribution in [3.63, 3.8) is 0 Å². The summed E-state index contributed by atoms with van der Waals surface area (Å²) in [5, 5.41) is 9.81. The lowest BCUT2D eigenvalue weighted by atomic mass is 10.4. The summed E-state index contributed by atoms with van der Waals surface area (Å²) in [7, 11) is 0. The minimum atomic E-state index is 0.573. The third-order valence-electron chi connectivity index (χ3n) is 0.802. The van der Waals surface area contributed by atoms with Crippen LogP contribution in [0, 0.1) is 0 Å². The van der Waals surface area contributed by atoms with Crippen molar-refractivity contribution in [2.45, 2.75) is 20.8 Å². The third-order valence-corrected chi connectivity index (χ3v) is 0.802. The summed E-state index contributed by atoms with van der Waals surface area (Å²) in [6, 6.07) is 0. The molecule has 0 amide bonds. The molecule has 0 aromatic carbocycles. The summed E-state index contributed by atoms with van der Waals surface area (Å²) in [5.41, 5.74) is 3.79. The van der Waals surface area contributed by atoms with Crippen LogP contribution in [0.25, 0.3) is 0 Å². The summed E-state index contributed by atoms with van der Waals surface area (Å²) >= 11 is 0. The molecule has 0 aromatic rings. The van der Waals surface area contributed by atoms with Gasteiger partial charge in [0.05, 0.1) is 0 Å². The Morgan fingerprint density at radius 2 is 2.22 bits per heavy atom. The Hall–Kier alpha value is -0.540. The molecule has 9 heavy (non-hydrogen) atoms. The van der Waals surface area contributed by atoms with E-state index in [4.69, 9.17) is 5.21 Å². The fraction of sp³-hybridized carbons (Fsp3) is 0.667. The summed E-state index contributed by atoms with van der Waals surface area (Å²) in [4.78, 5) is 0. The lowest BCUT2D eigenvalue weighted by molar-refractivity contribution is -0.120. The minimum Gasteiger partial charge on any atom is -0.304 e. The van der Waals surface area contributed by atoms with E-state index in [9.17, 15) is 0 Å². The standard InChI is InChI=1S/C6H14N2O/c1-4-8(9)7-5-6(2)3/h5,7,9H,4H2,1-3H3. The molecule has 0 saturated carbocycles. The van der Waals surface area contributed by atoms with Crippen molar-refractivity contribution < 1.29 is 5.21 Å². The Labute approximate surface area is 55.9 Å². The fourth-order valence-corrected chi connectivity index (χ4v) is 0.295. The van der Waals surface area contributed by atoms with Crippen molar-refractivity contribution in [3.8, 4) is 0 Å². The van der Waals surface area contributed by atoms with Gasteiger partial charge in [-0.3, -0.25) is 5.21 Å². The van der Waals surface area contributed by atoms with Gasteiger partial charge in [0.25, 0.3) is 0 Å². The van der Waals surface area contributed by atoms with E-state index in [1.807, 2.05) is 20.8 Å². The van der Waals surface area contributed by atoms with Gasteiger partial charge in [0, 0.05) is 12.7 Å². The molecule has 0 aromatic heterocycles. The highest BCUT2D eigenvalue weighted by Crippen LogP contribution is 1.84. The van der Waals surface area contributed by atoms with Crippen molar-refractivity contribution in [1.82, 2.24) is 10.6 Å². The van der Waals surface area contributed by atoms with Crippen LogP contribution >= 0.6 is 0 Å². The first kappa shape index (κ1) is 8.46. The topological polar surface area (TPSA) is 35.5 Å². The van der Waals surface area contributed by atoms with E-state index in [2.05, 4.69) is 5.43 Å². The highest BCUT2D eigenvalue weighted by molar-refractivity contribution is 4.89. The number of rotatable bonds is 3. The smallest absolute Gasteiger partial charge is 0.0421 e. The van der Waals surface area contributed by atoms with Crippen LogP contribution in [0.2, 0.25) is 0 Å². The Balaban J connectivity index is 3.37. The molecule has 0 bridgehead atoms. The Morgan fingerprint density at radius 1 is 1.67 bits per heavy atom. The highest BCUT2D eigenvalue weighted by atomic mass is 16.5. The molecule has 0 aliphatic heterocycles. The first-order valence-electron chi connectivity index (χ1n) is 3.02. The van der Waals surface area contributed by atoms with Crippen LogP contribution in [0.1, 0.15) is 20.8 Å². The average Bonchev–Trinajstić information content (AvgIpc) is 1.83. The molecule has 0 aliphatic carbocycles. The minimum absolute atomic E-state index is 0.573. The summed E-state index contributed by atoms with van der Waals surface area (Å²) in [6.45, 7) is 6.34. The van der Waals surface area contributed by atoms with Gasteiger partial charge >= 0.3 is 0 Å². The first-order valence-corrected chi connectivity index (χ1v) is 3.02. The maximum atomic E-state index is 8.78. The zero-order chi connectivity index (χ0) is 7.28. The van der Waals surface area contributed by atoms with Gasteiger partial charge in [-0.05, 0) is 20.8 Å². The van der Waals surface area contributed by atoms with E-state index >= 15 is 0 Å². The van der Waals surface area contributed by atoms with Crippen molar-refractivity contribution in [1.29, 1.82) is 0 Å². The van der Waals surface area contributed by atoms with Crippen molar-refractivity contribution in [2.24, 2.45) is 0 Å². The second kappa shape index (κ2) is 4.35. The monoisotopic (exact) mass is 130 g/mol. The fourth-order valence-electron chi connectivity index (χ4n) is 0.295. The second-order valence-electron chi connectivity index (χ2n) is 2.07. The molecule has 0 radical (unpaired) electrons.